The number of benzene rings is 1. The van der Waals surface area contributed by atoms with Gasteiger partial charge >= 0.3 is 0 Å². The second-order valence-corrected chi connectivity index (χ2v) is 6.94. The molecule has 1 aromatic carbocycles. The Morgan fingerprint density at radius 2 is 1.96 bits per heavy atom. The number of furan rings is 1. The lowest BCUT2D eigenvalue weighted by Crippen LogP contribution is -2.22. The van der Waals surface area contributed by atoms with Crippen LogP contribution in [0.5, 0.6) is 0 Å². The maximum Gasteiger partial charge on any atom is 0.255 e. The predicted octanol–water partition coefficient (Wildman–Crippen LogP) is 4.57. The van der Waals surface area contributed by atoms with Gasteiger partial charge in [-0.2, -0.15) is 0 Å². The van der Waals surface area contributed by atoms with Crippen LogP contribution in [0.4, 0.5) is 0 Å². The third-order valence-corrected chi connectivity index (χ3v) is 5.15. The van der Waals surface area contributed by atoms with Gasteiger partial charge < -0.3 is 9.73 Å². The number of thiazole rings is 1. The van der Waals surface area contributed by atoms with Crippen LogP contribution in [-0.2, 0) is 6.54 Å². The normalized spacial score (nSPS) is 10.8. The molecular formula is C19H20N2O2S. The zero-order chi connectivity index (χ0) is 17.3. The first-order valence-electron chi connectivity index (χ1n) is 7.83. The van der Waals surface area contributed by atoms with Gasteiger partial charge in [0.15, 0.2) is 0 Å². The van der Waals surface area contributed by atoms with Gasteiger partial charge in [0.25, 0.3) is 5.91 Å². The lowest BCUT2D eigenvalue weighted by Gasteiger charge is -2.03. The summed E-state index contributed by atoms with van der Waals surface area (Å²) in [5.74, 6) is 1.27. The molecule has 0 aliphatic heterocycles. The number of hydrogen-bond acceptors (Lipinski definition) is 4. The summed E-state index contributed by atoms with van der Waals surface area (Å²) in [6.45, 7) is 8.17. The van der Waals surface area contributed by atoms with E-state index in [-0.39, 0.29) is 5.91 Å². The van der Waals surface area contributed by atoms with E-state index in [1.807, 2.05) is 26.0 Å². The number of rotatable bonds is 4. The third kappa shape index (κ3) is 3.26. The van der Waals surface area contributed by atoms with Crippen molar-refractivity contribution in [3.63, 3.8) is 0 Å². The first-order valence-corrected chi connectivity index (χ1v) is 8.65. The molecule has 0 bridgehead atoms. The van der Waals surface area contributed by atoms with E-state index in [1.54, 1.807) is 24.3 Å². The standard InChI is InChI=1S/C19H20N2O2S/c1-11-7-5-6-8-15(11)19-21-13(3)17(24-19)10-20-18(22)16-9-12(2)23-14(16)4/h5-9H,10H2,1-4H3,(H,20,22). The quantitative estimate of drug-likeness (QED) is 0.757. The van der Waals surface area contributed by atoms with Crippen LogP contribution in [0.2, 0.25) is 0 Å². The van der Waals surface area contributed by atoms with Gasteiger partial charge in [-0.1, -0.05) is 24.3 Å². The van der Waals surface area contributed by atoms with E-state index in [0.717, 1.165) is 26.9 Å². The van der Waals surface area contributed by atoms with Crippen molar-refractivity contribution in [2.45, 2.75) is 34.2 Å². The van der Waals surface area contributed by atoms with Gasteiger partial charge in [-0.25, -0.2) is 4.98 Å². The number of aromatic nitrogens is 1. The Morgan fingerprint density at radius 3 is 2.62 bits per heavy atom. The Morgan fingerprint density at radius 1 is 1.21 bits per heavy atom. The summed E-state index contributed by atoms with van der Waals surface area (Å²) in [7, 11) is 0. The van der Waals surface area contributed by atoms with Crippen molar-refractivity contribution in [2.24, 2.45) is 0 Å². The lowest BCUT2D eigenvalue weighted by atomic mass is 10.1. The minimum atomic E-state index is -0.116. The van der Waals surface area contributed by atoms with Crippen molar-refractivity contribution >= 4 is 17.2 Å². The Hall–Kier alpha value is -2.40. The molecule has 0 fully saturated rings. The van der Waals surface area contributed by atoms with Gasteiger partial charge in [-0.3, -0.25) is 4.79 Å². The van der Waals surface area contributed by atoms with Crippen LogP contribution in [0, 0.1) is 27.7 Å². The summed E-state index contributed by atoms with van der Waals surface area (Å²) in [5, 5.41) is 3.95. The van der Waals surface area contributed by atoms with Crippen molar-refractivity contribution in [2.75, 3.05) is 0 Å². The molecule has 0 unspecified atom stereocenters. The smallest absolute Gasteiger partial charge is 0.255 e. The summed E-state index contributed by atoms with van der Waals surface area (Å²) >= 11 is 1.62. The van der Waals surface area contributed by atoms with E-state index >= 15 is 0 Å². The SMILES string of the molecule is Cc1cc(C(=O)NCc2sc(-c3ccccc3C)nc2C)c(C)o1. The summed E-state index contributed by atoms with van der Waals surface area (Å²) in [6.07, 6.45) is 0. The van der Waals surface area contributed by atoms with Crippen molar-refractivity contribution in [3.8, 4) is 10.6 Å². The molecule has 0 spiro atoms. The van der Waals surface area contributed by atoms with Gasteiger partial charge in [0, 0.05) is 10.4 Å². The number of carbonyl (C=O) groups is 1. The molecule has 2 heterocycles. The number of nitrogens with one attached hydrogen (secondary N) is 1. The van der Waals surface area contributed by atoms with Crippen LogP contribution in [0.25, 0.3) is 10.6 Å². The predicted molar refractivity (Wildman–Crippen MR) is 96.4 cm³/mol. The van der Waals surface area contributed by atoms with Crippen LogP contribution in [0.15, 0.2) is 34.7 Å². The molecule has 3 aromatic rings. The minimum absolute atomic E-state index is 0.116. The van der Waals surface area contributed by atoms with E-state index < -0.39 is 0 Å². The Bertz CT molecular complexity index is 893. The molecule has 0 saturated heterocycles. The molecular weight excluding hydrogens is 320 g/mol. The van der Waals surface area contributed by atoms with Crippen LogP contribution >= 0.6 is 11.3 Å². The Kier molecular flexibility index (Phi) is 4.53. The van der Waals surface area contributed by atoms with E-state index in [0.29, 0.717) is 17.9 Å². The molecule has 0 radical (unpaired) electrons. The summed E-state index contributed by atoms with van der Waals surface area (Å²) in [4.78, 5) is 18.0. The molecule has 5 heteroatoms. The fraction of sp³-hybridized carbons (Fsp3) is 0.263. The van der Waals surface area contributed by atoms with Gasteiger partial charge in [-0.15, -0.1) is 11.3 Å². The summed E-state index contributed by atoms with van der Waals surface area (Å²) in [5.41, 5.74) is 3.89. The fourth-order valence-electron chi connectivity index (χ4n) is 2.63. The molecule has 0 aliphatic carbocycles. The summed E-state index contributed by atoms with van der Waals surface area (Å²) < 4.78 is 5.42. The van der Waals surface area contributed by atoms with Gasteiger partial charge in [-0.05, 0) is 39.3 Å². The van der Waals surface area contributed by atoms with Crippen LogP contribution < -0.4 is 5.32 Å². The van der Waals surface area contributed by atoms with Crippen LogP contribution in [0.1, 0.15) is 38.0 Å². The average molecular weight is 340 g/mol. The highest BCUT2D eigenvalue weighted by atomic mass is 32.1. The molecule has 4 nitrogen and oxygen atoms in total. The highest BCUT2D eigenvalue weighted by molar-refractivity contribution is 7.15. The highest BCUT2D eigenvalue weighted by Gasteiger charge is 2.15. The maximum absolute atomic E-state index is 12.3. The lowest BCUT2D eigenvalue weighted by molar-refractivity contribution is 0.0949. The van der Waals surface area contributed by atoms with E-state index in [2.05, 4.69) is 29.4 Å². The molecule has 0 aliphatic rings. The van der Waals surface area contributed by atoms with Crippen molar-refractivity contribution in [1.82, 2.24) is 10.3 Å². The summed E-state index contributed by atoms with van der Waals surface area (Å²) in [6, 6.07) is 9.97. The zero-order valence-corrected chi connectivity index (χ0v) is 15.1. The molecule has 24 heavy (non-hydrogen) atoms. The highest BCUT2D eigenvalue weighted by Crippen LogP contribution is 2.30. The number of nitrogens with zero attached hydrogens (tertiary/aromatic N) is 1. The number of hydrogen-bond donors (Lipinski definition) is 1. The topological polar surface area (TPSA) is 55.1 Å². The maximum atomic E-state index is 12.3. The van der Waals surface area contributed by atoms with Crippen molar-refractivity contribution < 1.29 is 9.21 Å². The van der Waals surface area contributed by atoms with Gasteiger partial charge in [0.05, 0.1) is 17.8 Å². The van der Waals surface area contributed by atoms with E-state index in [4.69, 9.17) is 4.42 Å². The second kappa shape index (κ2) is 6.61. The molecule has 1 N–H and O–H groups in total. The first-order chi connectivity index (χ1) is 11.5. The molecule has 0 atom stereocenters. The minimum Gasteiger partial charge on any atom is -0.466 e. The second-order valence-electron chi connectivity index (χ2n) is 5.85. The van der Waals surface area contributed by atoms with Gasteiger partial charge in [0.1, 0.15) is 16.5 Å². The number of aryl methyl sites for hydroxylation is 4. The first kappa shape index (κ1) is 16.5. The molecule has 124 valence electrons. The van der Waals surface area contributed by atoms with Crippen molar-refractivity contribution in [1.29, 1.82) is 0 Å². The van der Waals surface area contributed by atoms with E-state index in [9.17, 15) is 4.79 Å². The average Bonchev–Trinajstić information content (AvgIpc) is 3.07. The monoisotopic (exact) mass is 340 g/mol. The Balaban J connectivity index is 1.76. The molecule has 0 saturated carbocycles. The largest absolute Gasteiger partial charge is 0.466 e. The third-order valence-electron chi connectivity index (χ3n) is 3.96. The van der Waals surface area contributed by atoms with Crippen LogP contribution in [-0.4, -0.2) is 10.9 Å². The number of amides is 1. The molecule has 3 rings (SSSR count). The molecule has 2 aromatic heterocycles. The zero-order valence-electron chi connectivity index (χ0n) is 14.3. The van der Waals surface area contributed by atoms with Crippen LogP contribution in [0.3, 0.4) is 0 Å². The fourth-order valence-corrected chi connectivity index (χ4v) is 3.72. The number of carbonyl (C=O) groups excluding carboxylic acids is 1. The van der Waals surface area contributed by atoms with E-state index in [1.165, 1.54) is 5.56 Å². The van der Waals surface area contributed by atoms with Crippen molar-refractivity contribution in [3.05, 3.63) is 63.6 Å². The van der Waals surface area contributed by atoms with Gasteiger partial charge in [0.2, 0.25) is 0 Å². The Labute approximate surface area is 145 Å². The molecule has 1 amide bonds.